The first-order valence-electron chi connectivity index (χ1n) is 8.69. The fraction of sp³-hybridized carbons (Fsp3) is 0.389. The number of amides is 2. The van der Waals surface area contributed by atoms with Crippen molar-refractivity contribution >= 4 is 23.4 Å². The van der Waals surface area contributed by atoms with Gasteiger partial charge in [-0.3, -0.25) is 5.32 Å². The molecule has 1 N–H and O–H groups in total. The summed E-state index contributed by atoms with van der Waals surface area (Å²) in [6, 6.07) is 7.69. The van der Waals surface area contributed by atoms with Crippen LogP contribution in [-0.4, -0.2) is 27.2 Å². The van der Waals surface area contributed by atoms with Crippen LogP contribution in [0.3, 0.4) is 0 Å². The second-order valence-corrected chi connectivity index (χ2v) is 7.35. The molecule has 2 amide bonds. The van der Waals surface area contributed by atoms with Crippen molar-refractivity contribution < 1.29 is 13.6 Å². The molecule has 1 fully saturated rings. The van der Waals surface area contributed by atoms with Crippen LogP contribution in [0, 0.1) is 6.92 Å². The molecule has 0 aliphatic heterocycles. The van der Waals surface area contributed by atoms with Gasteiger partial charge in [0, 0.05) is 6.04 Å². The molecular weight excluding hydrogens is 352 g/mol. The smallest absolute Gasteiger partial charge is 0.326 e. The van der Waals surface area contributed by atoms with Gasteiger partial charge >= 0.3 is 12.0 Å². The number of furan rings is 1. The van der Waals surface area contributed by atoms with Gasteiger partial charge in [-0.05, 0) is 43.3 Å². The number of carbonyl (C=O) groups excluding carboxylic acids is 1. The molecule has 0 unspecified atom stereocenters. The quantitative estimate of drug-likeness (QED) is 0.703. The van der Waals surface area contributed by atoms with Crippen LogP contribution in [0.25, 0.3) is 10.8 Å². The minimum absolute atomic E-state index is 0.108. The highest BCUT2D eigenvalue weighted by Crippen LogP contribution is 2.27. The Morgan fingerprint density at radius 1 is 1.27 bits per heavy atom. The van der Waals surface area contributed by atoms with E-state index in [-0.39, 0.29) is 18.1 Å². The fourth-order valence-corrected chi connectivity index (χ4v) is 3.90. The van der Waals surface area contributed by atoms with E-state index in [1.165, 1.54) is 11.3 Å². The van der Waals surface area contributed by atoms with Gasteiger partial charge in [0.25, 0.3) is 5.89 Å². The monoisotopic (exact) mass is 372 g/mol. The van der Waals surface area contributed by atoms with E-state index in [1.807, 2.05) is 36.6 Å². The first kappa shape index (κ1) is 16.8. The summed E-state index contributed by atoms with van der Waals surface area (Å²) in [4.78, 5) is 15.5. The number of carbonyl (C=O) groups is 1. The van der Waals surface area contributed by atoms with Crippen LogP contribution in [0.5, 0.6) is 0 Å². The molecule has 1 saturated carbocycles. The molecule has 3 heterocycles. The predicted molar refractivity (Wildman–Crippen MR) is 97.9 cm³/mol. The fourth-order valence-electron chi connectivity index (χ4n) is 3.26. The Labute approximate surface area is 155 Å². The van der Waals surface area contributed by atoms with Crippen molar-refractivity contribution in [3.8, 4) is 10.8 Å². The van der Waals surface area contributed by atoms with Crippen molar-refractivity contribution in [1.29, 1.82) is 0 Å². The minimum Gasteiger partial charge on any atom is -0.464 e. The van der Waals surface area contributed by atoms with Crippen LogP contribution in [0.1, 0.15) is 37.2 Å². The molecule has 0 bridgehead atoms. The molecule has 8 heteroatoms. The van der Waals surface area contributed by atoms with Gasteiger partial charge in [-0.15, -0.1) is 16.4 Å². The third-order valence-corrected chi connectivity index (χ3v) is 5.38. The predicted octanol–water partition coefficient (Wildman–Crippen LogP) is 4.68. The third kappa shape index (κ3) is 3.65. The molecular formula is C18H20N4O3S. The molecule has 7 nitrogen and oxygen atoms in total. The van der Waals surface area contributed by atoms with E-state index < -0.39 is 0 Å². The summed E-state index contributed by atoms with van der Waals surface area (Å²) in [6.45, 7) is 2.32. The second-order valence-electron chi connectivity index (χ2n) is 6.40. The molecule has 4 rings (SSSR count). The Kier molecular flexibility index (Phi) is 4.75. The summed E-state index contributed by atoms with van der Waals surface area (Å²) in [5.41, 5.74) is 0. The molecule has 136 valence electrons. The average molecular weight is 372 g/mol. The normalized spacial score (nSPS) is 14.7. The lowest BCUT2D eigenvalue weighted by atomic mass is 10.2. The Morgan fingerprint density at radius 2 is 2.12 bits per heavy atom. The summed E-state index contributed by atoms with van der Waals surface area (Å²) in [5.74, 6) is 2.02. The average Bonchev–Trinajstić information content (AvgIpc) is 3.40. The van der Waals surface area contributed by atoms with Crippen molar-refractivity contribution in [2.24, 2.45) is 0 Å². The molecule has 26 heavy (non-hydrogen) atoms. The van der Waals surface area contributed by atoms with Crippen LogP contribution in [0.4, 0.5) is 10.8 Å². The van der Waals surface area contributed by atoms with E-state index in [4.69, 9.17) is 8.83 Å². The van der Waals surface area contributed by atoms with Gasteiger partial charge in [-0.25, -0.2) is 4.79 Å². The zero-order valence-electron chi connectivity index (χ0n) is 14.5. The number of nitrogens with one attached hydrogen (secondary N) is 1. The SMILES string of the molecule is Cc1ccc(CN(C(=O)Nc2nnc(-c3cccs3)o2)C2CCCC2)o1. The van der Waals surface area contributed by atoms with Crippen molar-refractivity contribution in [1.82, 2.24) is 15.1 Å². The van der Waals surface area contributed by atoms with E-state index in [0.717, 1.165) is 42.1 Å². The number of urea groups is 1. The lowest BCUT2D eigenvalue weighted by molar-refractivity contribution is 0.177. The first-order valence-corrected chi connectivity index (χ1v) is 9.57. The Balaban J connectivity index is 1.48. The van der Waals surface area contributed by atoms with Gasteiger partial charge in [0.15, 0.2) is 0 Å². The highest BCUT2D eigenvalue weighted by atomic mass is 32.1. The number of thiophene rings is 1. The van der Waals surface area contributed by atoms with E-state index in [1.54, 1.807) is 4.90 Å². The highest BCUT2D eigenvalue weighted by Gasteiger charge is 2.28. The van der Waals surface area contributed by atoms with Gasteiger partial charge in [0.05, 0.1) is 11.4 Å². The highest BCUT2D eigenvalue weighted by molar-refractivity contribution is 7.13. The zero-order chi connectivity index (χ0) is 17.9. The van der Waals surface area contributed by atoms with E-state index >= 15 is 0 Å². The summed E-state index contributed by atoms with van der Waals surface area (Å²) in [5, 5.41) is 12.6. The number of nitrogens with zero attached hydrogens (tertiary/aromatic N) is 3. The van der Waals surface area contributed by atoms with Crippen molar-refractivity contribution in [3.63, 3.8) is 0 Å². The van der Waals surface area contributed by atoms with Gasteiger partial charge in [0.2, 0.25) is 0 Å². The lowest BCUT2D eigenvalue weighted by Gasteiger charge is -2.27. The van der Waals surface area contributed by atoms with Gasteiger partial charge in [-0.1, -0.05) is 24.0 Å². The van der Waals surface area contributed by atoms with Gasteiger partial charge in [-0.2, -0.15) is 0 Å². The van der Waals surface area contributed by atoms with Crippen LogP contribution < -0.4 is 5.32 Å². The number of aromatic nitrogens is 2. The Bertz CT molecular complexity index is 865. The Morgan fingerprint density at radius 3 is 2.81 bits per heavy atom. The van der Waals surface area contributed by atoms with Crippen LogP contribution >= 0.6 is 11.3 Å². The molecule has 3 aromatic rings. The molecule has 1 aliphatic rings. The molecule has 3 aromatic heterocycles. The maximum Gasteiger partial charge on any atom is 0.326 e. The van der Waals surface area contributed by atoms with Gasteiger partial charge < -0.3 is 13.7 Å². The molecule has 0 spiro atoms. The topological polar surface area (TPSA) is 84.4 Å². The van der Waals surface area contributed by atoms with Crippen molar-refractivity contribution in [2.45, 2.75) is 45.2 Å². The maximum absolute atomic E-state index is 12.9. The molecule has 0 aromatic carbocycles. The summed E-state index contributed by atoms with van der Waals surface area (Å²) >= 11 is 1.51. The van der Waals surface area contributed by atoms with E-state index in [2.05, 4.69) is 15.5 Å². The number of hydrogen-bond donors (Lipinski definition) is 1. The molecule has 0 saturated heterocycles. The minimum atomic E-state index is -0.243. The lowest BCUT2D eigenvalue weighted by Crippen LogP contribution is -2.41. The number of hydrogen-bond acceptors (Lipinski definition) is 6. The molecule has 0 atom stereocenters. The van der Waals surface area contributed by atoms with E-state index in [9.17, 15) is 4.79 Å². The summed E-state index contributed by atoms with van der Waals surface area (Å²) in [7, 11) is 0. The number of anilines is 1. The van der Waals surface area contributed by atoms with E-state index in [0.29, 0.717) is 12.4 Å². The number of aryl methyl sites for hydroxylation is 1. The largest absolute Gasteiger partial charge is 0.464 e. The maximum atomic E-state index is 12.9. The first-order chi connectivity index (χ1) is 12.7. The zero-order valence-corrected chi connectivity index (χ0v) is 15.3. The summed E-state index contributed by atoms with van der Waals surface area (Å²) < 4.78 is 11.2. The third-order valence-electron chi connectivity index (χ3n) is 4.52. The molecule has 0 radical (unpaired) electrons. The van der Waals surface area contributed by atoms with Crippen molar-refractivity contribution in [2.75, 3.05) is 5.32 Å². The van der Waals surface area contributed by atoms with Crippen molar-refractivity contribution in [3.05, 3.63) is 41.2 Å². The standard InChI is InChI=1S/C18H20N4O3S/c1-12-8-9-14(24-12)11-22(13-5-2-3-6-13)18(23)19-17-21-20-16(25-17)15-7-4-10-26-15/h4,7-10,13H,2-3,5-6,11H2,1H3,(H,19,21,23). The van der Waals surface area contributed by atoms with Crippen LogP contribution in [-0.2, 0) is 6.54 Å². The summed E-state index contributed by atoms with van der Waals surface area (Å²) in [6.07, 6.45) is 4.26. The second kappa shape index (κ2) is 7.33. The number of rotatable bonds is 5. The van der Waals surface area contributed by atoms with Crippen LogP contribution in [0.15, 0.2) is 38.5 Å². The Hall–Kier alpha value is -2.61. The van der Waals surface area contributed by atoms with Crippen LogP contribution in [0.2, 0.25) is 0 Å². The molecule has 1 aliphatic carbocycles. The van der Waals surface area contributed by atoms with Gasteiger partial charge in [0.1, 0.15) is 11.5 Å².